The van der Waals surface area contributed by atoms with Gasteiger partial charge in [0.1, 0.15) is 5.75 Å². The van der Waals surface area contributed by atoms with E-state index in [4.69, 9.17) is 16.3 Å². The minimum Gasteiger partial charge on any atom is -0.493 e. The first kappa shape index (κ1) is 8.88. The van der Waals surface area contributed by atoms with Crippen molar-refractivity contribution in [3.63, 3.8) is 0 Å². The molecule has 0 radical (unpaired) electrons. The Morgan fingerprint density at radius 3 is 2.91 bits per heavy atom. The number of halogens is 2. The van der Waals surface area contributed by atoms with Crippen LogP contribution in [0, 0.1) is 0 Å². The molecule has 1 nitrogen and oxygen atoms in total. The molecular weight excluding hydrogens is 227 g/mol. The second-order valence-corrected chi connectivity index (χ2v) is 3.19. The van der Waals surface area contributed by atoms with E-state index in [9.17, 15) is 0 Å². The summed E-state index contributed by atoms with van der Waals surface area (Å²) in [7, 11) is 0. The van der Waals surface area contributed by atoms with Crippen LogP contribution in [-0.2, 0) is 0 Å². The van der Waals surface area contributed by atoms with E-state index in [1.807, 2.05) is 25.1 Å². The molecule has 11 heavy (non-hydrogen) atoms. The molecular formula is C8H8BrClO. The Labute approximate surface area is 79.4 Å². The summed E-state index contributed by atoms with van der Waals surface area (Å²) in [6.45, 7) is 2.59. The van der Waals surface area contributed by atoms with Crippen molar-refractivity contribution in [3.05, 3.63) is 27.7 Å². The SMILES string of the molecule is CCOc1cccc(Cl)c1Br. The van der Waals surface area contributed by atoms with Crippen molar-refractivity contribution in [1.82, 2.24) is 0 Å². The second-order valence-electron chi connectivity index (χ2n) is 1.98. The number of hydrogen-bond donors (Lipinski definition) is 0. The fourth-order valence-corrected chi connectivity index (χ4v) is 1.30. The van der Waals surface area contributed by atoms with E-state index in [0.717, 1.165) is 10.2 Å². The topological polar surface area (TPSA) is 9.23 Å². The van der Waals surface area contributed by atoms with Crippen molar-refractivity contribution in [2.75, 3.05) is 6.61 Å². The zero-order valence-electron chi connectivity index (χ0n) is 6.10. The summed E-state index contributed by atoms with van der Waals surface area (Å²) in [5, 5.41) is 0.677. The van der Waals surface area contributed by atoms with Gasteiger partial charge in [0.2, 0.25) is 0 Å². The van der Waals surface area contributed by atoms with Crippen molar-refractivity contribution in [2.24, 2.45) is 0 Å². The summed E-state index contributed by atoms with van der Waals surface area (Å²) in [5.74, 6) is 0.792. The lowest BCUT2D eigenvalue weighted by molar-refractivity contribution is 0.338. The van der Waals surface area contributed by atoms with Crippen LogP contribution in [0.4, 0.5) is 0 Å². The zero-order valence-corrected chi connectivity index (χ0v) is 8.45. The summed E-state index contributed by atoms with van der Waals surface area (Å²) < 4.78 is 6.11. The summed E-state index contributed by atoms with van der Waals surface area (Å²) in [6.07, 6.45) is 0. The molecule has 0 aromatic heterocycles. The fraction of sp³-hybridized carbons (Fsp3) is 0.250. The highest BCUT2D eigenvalue weighted by molar-refractivity contribution is 9.10. The Balaban J connectivity index is 2.96. The number of hydrogen-bond acceptors (Lipinski definition) is 1. The van der Waals surface area contributed by atoms with Crippen molar-refractivity contribution >= 4 is 27.5 Å². The van der Waals surface area contributed by atoms with Gasteiger partial charge >= 0.3 is 0 Å². The van der Waals surface area contributed by atoms with Crippen LogP contribution in [0.1, 0.15) is 6.92 Å². The van der Waals surface area contributed by atoms with Gasteiger partial charge in [-0.1, -0.05) is 17.7 Å². The normalized spacial score (nSPS) is 9.73. The van der Waals surface area contributed by atoms with E-state index in [1.165, 1.54) is 0 Å². The van der Waals surface area contributed by atoms with Gasteiger partial charge in [0.05, 0.1) is 16.1 Å². The molecule has 0 fully saturated rings. The molecule has 0 aliphatic rings. The van der Waals surface area contributed by atoms with E-state index >= 15 is 0 Å². The van der Waals surface area contributed by atoms with Gasteiger partial charge < -0.3 is 4.74 Å². The Kier molecular flexibility index (Phi) is 3.21. The lowest BCUT2D eigenvalue weighted by Gasteiger charge is -2.05. The van der Waals surface area contributed by atoms with Crippen LogP contribution in [0.2, 0.25) is 5.02 Å². The van der Waals surface area contributed by atoms with Gasteiger partial charge in [-0.05, 0) is 35.0 Å². The smallest absolute Gasteiger partial charge is 0.134 e. The van der Waals surface area contributed by atoms with E-state index in [1.54, 1.807) is 0 Å². The molecule has 0 aliphatic carbocycles. The molecule has 0 amide bonds. The highest BCUT2D eigenvalue weighted by Gasteiger charge is 2.02. The Bertz CT molecular complexity index is 250. The Morgan fingerprint density at radius 1 is 1.55 bits per heavy atom. The van der Waals surface area contributed by atoms with Gasteiger partial charge in [0.15, 0.2) is 0 Å². The lowest BCUT2D eigenvalue weighted by Crippen LogP contribution is -1.91. The Hall–Kier alpha value is -0.210. The molecule has 0 aliphatic heterocycles. The maximum Gasteiger partial charge on any atom is 0.134 e. The molecule has 0 unspecified atom stereocenters. The van der Waals surface area contributed by atoms with Crippen molar-refractivity contribution in [2.45, 2.75) is 6.92 Å². The van der Waals surface area contributed by atoms with E-state index in [2.05, 4.69) is 15.9 Å². The summed E-state index contributed by atoms with van der Waals surface area (Å²) in [5.41, 5.74) is 0. The average molecular weight is 236 g/mol. The molecule has 0 bridgehead atoms. The predicted octanol–water partition coefficient (Wildman–Crippen LogP) is 3.50. The molecule has 3 heteroatoms. The molecule has 0 saturated carbocycles. The lowest BCUT2D eigenvalue weighted by atomic mass is 10.3. The van der Waals surface area contributed by atoms with Gasteiger partial charge in [-0.25, -0.2) is 0 Å². The first-order valence-electron chi connectivity index (χ1n) is 3.32. The molecule has 0 heterocycles. The van der Waals surface area contributed by atoms with Crippen LogP contribution in [0.5, 0.6) is 5.75 Å². The standard InChI is InChI=1S/C8H8BrClO/c1-2-11-7-5-3-4-6(10)8(7)9/h3-5H,2H2,1H3. The van der Waals surface area contributed by atoms with Crippen LogP contribution in [0.15, 0.2) is 22.7 Å². The van der Waals surface area contributed by atoms with Gasteiger partial charge in [-0.15, -0.1) is 0 Å². The summed E-state index contributed by atoms with van der Waals surface area (Å²) in [4.78, 5) is 0. The number of ether oxygens (including phenoxy) is 1. The Morgan fingerprint density at radius 2 is 2.27 bits per heavy atom. The van der Waals surface area contributed by atoms with Gasteiger partial charge in [-0.3, -0.25) is 0 Å². The number of rotatable bonds is 2. The number of benzene rings is 1. The van der Waals surface area contributed by atoms with Crippen LogP contribution in [0.3, 0.4) is 0 Å². The summed E-state index contributed by atoms with van der Waals surface area (Å²) in [6, 6.07) is 5.55. The fourth-order valence-electron chi connectivity index (χ4n) is 0.751. The van der Waals surface area contributed by atoms with Gasteiger partial charge in [-0.2, -0.15) is 0 Å². The average Bonchev–Trinajstić information content (AvgIpc) is 1.99. The van der Waals surface area contributed by atoms with E-state index in [-0.39, 0.29) is 0 Å². The third kappa shape index (κ3) is 2.11. The van der Waals surface area contributed by atoms with Crippen LogP contribution in [0.25, 0.3) is 0 Å². The molecule has 0 N–H and O–H groups in total. The third-order valence-corrected chi connectivity index (χ3v) is 2.58. The molecule has 1 rings (SSSR count). The van der Waals surface area contributed by atoms with Crippen LogP contribution < -0.4 is 4.74 Å². The van der Waals surface area contributed by atoms with E-state index in [0.29, 0.717) is 11.6 Å². The van der Waals surface area contributed by atoms with Gasteiger partial charge in [0.25, 0.3) is 0 Å². The maximum absolute atomic E-state index is 5.82. The molecule has 60 valence electrons. The monoisotopic (exact) mass is 234 g/mol. The van der Waals surface area contributed by atoms with Crippen molar-refractivity contribution in [3.8, 4) is 5.75 Å². The summed E-state index contributed by atoms with van der Waals surface area (Å²) >= 11 is 9.15. The highest BCUT2D eigenvalue weighted by atomic mass is 79.9. The van der Waals surface area contributed by atoms with E-state index < -0.39 is 0 Å². The zero-order chi connectivity index (χ0) is 8.27. The predicted molar refractivity (Wildman–Crippen MR) is 50.3 cm³/mol. The second kappa shape index (κ2) is 3.98. The van der Waals surface area contributed by atoms with Crippen LogP contribution >= 0.6 is 27.5 Å². The first-order chi connectivity index (χ1) is 5.25. The largest absolute Gasteiger partial charge is 0.493 e. The minimum atomic E-state index is 0.652. The highest BCUT2D eigenvalue weighted by Crippen LogP contribution is 2.31. The molecule has 1 aromatic rings. The quantitative estimate of drug-likeness (QED) is 0.762. The molecule has 0 saturated heterocycles. The molecule has 1 aromatic carbocycles. The van der Waals surface area contributed by atoms with Crippen LogP contribution in [-0.4, -0.2) is 6.61 Å². The first-order valence-corrected chi connectivity index (χ1v) is 4.49. The minimum absolute atomic E-state index is 0.652. The van der Waals surface area contributed by atoms with Crippen molar-refractivity contribution < 1.29 is 4.74 Å². The van der Waals surface area contributed by atoms with Gasteiger partial charge in [0, 0.05) is 0 Å². The van der Waals surface area contributed by atoms with Crippen molar-refractivity contribution in [1.29, 1.82) is 0 Å². The maximum atomic E-state index is 5.82. The molecule has 0 atom stereocenters. The molecule has 0 spiro atoms. The third-order valence-electron chi connectivity index (χ3n) is 1.22.